The van der Waals surface area contributed by atoms with Gasteiger partial charge in [-0.1, -0.05) is 48.5 Å². The SMILES string of the molecule is O=C(OCC1c2ccccc2-c2ccccc21)N1C2COCC1CC(O)(CCCC(F)(F)F)C2. The second-order valence-corrected chi connectivity index (χ2v) is 9.66. The lowest BCUT2D eigenvalue weighted by atomic mass is 9.78. The molecule has 2 saturated heterocycles. The van der Waals surface area contributed by atoms with E-state index in [9.17, 15) is 23.1 Å². The number of hydrogen-bond acceptors (Lipinski definition) is 4. The van der Waals surface area contributed by atoms with E-state index in [0.717, 1.165) is 22.3 Å². The molecule has 2 fully saturated rings. The fourth-order valence-corrected chi connectivity index (χ4v) is 5.86. The molecule has 3 aliphatic rings. The molecular formula is C26H28F3NO4. The molecule has 1 N–H and O–H groups in total. The van der Waals surface area contributed by atoms with Crippen molar-refractivity contribution < 1.29 is 32.5 Å². The van der Waals surface area contributed by atoms with Crippen LogP contribution in [0.5, 0.6) is 0 Å². The second kappa shape index (κ2) is 8.89. The molecule has 2 bridgehead atoms. The number of ether oxygens (including phenoxy) is 2. The first-order valence-electron chi connectivity index (χ1n) is 11.7. The molecule has 2 aromatic carbocycles. The lowest BCUT2D eigenvalue weighted by Crippen LogP contribution is -2.63. The lowest BCUT2D eigenvalue weighted by molar-refractivity contribution is -0.149. The van der Waals surface area contributed by atoms with E-state index in [1.807, 2.05) is 24.3 Å². The van der Waals surface area contributed by atoms with E-state index in [0.29, 0.717) is 0 Å². The third kappa shape index (κ3) is 4.53. The number of alkyl halides is 3. The Hall–Kier alpha value is -2.58. The molecule has 0 radical (unpaired) electrons. The number of benzene rings is 2. The molecule has 5 rings (SSSR count). The highest BCUT2D eigenvalue weighted by molar-refractivity contribution is 5.79. The van der Waals surface area contributed by atoms with Crippen LogP contribution in [0.1, 0.15) is 49.1 Å². The number of carbonyl (C=O) groups excluding carboxylic acids is 1. The van der Waals surface area contributed by atoms with Crippen LogP contribution in [0.2, 0.25) is 0 Å². The van der Waals surface area contributed by atoms with Gasteiger partial charge in [0.15, 0.2) is 0 Å². The molecule has 8 heteroatoms. The van der Waals surface area contributed by atoms with Crippen LogP contribution in [0.4, 0.5) is 18.0 Å². The van der Waals surface area contributed by atoms with E-state index >= 15 is 0 Å². The molecule has 0 spiro atoms. The Bertz CT molecular complexity index is 997. The first-order valence-corrected chi connectivity index (χ1v) is 11.7. The Morgan fingerprint density at radius 2 is 1.59 bits per heavy atom. The molecular weight excluding hydrogens is 447 g/mol. The molecule has 34 heavy (non-hydrogen) atoms. The maximum atomic E-state index is 13.2. The van der Waals surface area contributed by atoms with Gasteiger partial charge in [0.25, 0.3) is 0 Å². The minimum absolute atomic E-state index is 0.0536. The molecule has 0 saturated carbocycles. The van der Waals surface area contributed by atoms with Gasteiger partial charge >= 0.3 is 12.3 Å². The number of fused-ring (bicyclic) bond motifs is 5. The second-order valence-electron chi connectivity index (χ2n) is 9.66. The molecule has 2 aliphatic heterocycles. The van der Waals surface area contributed by atoms with Crippen molar-refractivity contribution in [2.45, 2.75) is 61.9 Å². The fourth-order valence-electron chi connectivity index (χ4n) is 5.86. The largest absolute Gasteiger partial charge is 0.448 e. The molecule has 2 unspecified atom stereocenters. The zero-order chi connectivity index (χ0) is 23.9. The summed E-state index contributed by atoms with van der Waals surface area (Å²) in [5.41, 5.74) is 3.30. The molecule has 2 aromatic rings. The lowest BCUT2D eigenvalue weighted by Gasteiger charge is -2.51. The topological polar surface area (TPSA) is 59.0 Å². The van der Waals surface area contributed by atoms with Gasteiger partial charge in [-0.3, -0.25) is 4.90 Å². The van der Waals surface area contributed by atoms with Gasteiger partial charge in [0, 0.05) is 12.3 Å². The third-order valence-electron chi connectivity index (χ3n) is 7.29. The zero-order valence-corrected chi connectivity index (χ0v) is 18.8. The van der Waals surface area contributed by atoms with E-state index in [4.69, 9.17) is 9.47 Å². The Balaban J connectivity index is 1.25. The Labute approximate surface area is 196 Å². The maximum Gasteiger partial charge on any atom is 0.410 e. The number of amides is 1. The van der Waals surface area contributed by atoms with E-state index in [2.05, 4.69) is 24.3 Å². The molecule has 2 heterocycles. The summed E-state index contributed by atoms with van der Waals surface area (Å²) < 4.78 is 49.1. The molecule has 2 atom stereocenters. The van der Waals surface area contributed by atoms with Crippen LogP contribution in [0, 0.1) is 0 Å². The van der Waals surface area contributed by atoms with Crippen LogP contribution >= 0.6 is 0 Å². The number of halogens is 3. The average Bonchev–Trinajstić information content (AvgIpc) is 3.10. The highest BCUT2D eigenvalue weighted by Crippen LogP contribution is 2.45. The van der Waals surface area contributed by atoms with Crippen LogP contribution < -0.4 is 0 Å². The van der Waals surface area contributed by atoms with Crippen molar-refractivity contribution in [3.63, 3.8) is 0 Å². The van der Waals surface area contributed by atoms with E-state index in [1.165, 1.54) is 0 Å². The zero-order valence-electron chi connectivity index (χ0n) is 18.8. The van der Waals surface area contributed by atoms with Gasteiger partial charge in [-0.2, -0.15) is 13.2 Å². The first kappa shape index (κ1) is 23.2. The number of nitrogens with zero attached hydrogens (tertiary/aromatic N) is 1. The highest BCUT2D eigenvalue weighted by Gasteiger charge is 2.48. The predicted octanol–water partition coefficient (Wildman–Crippen LogP) is 5.26. The fraction of sp³-hybridized carbons (Fsp3) is 0.500. The number of aliphatic hydroxyl groups is 1. The summed E-state index contributed by atoms with van der Waals surface area (Å²) >= 11 is 0. The van der Waals surface area contributed by atoms with Gasteiger partial charge < -0.3 is 14.6 Å². The molecule has 1 amide bonds. The van der Waals surface area contributed by atoms with Crippen molar-refractivity contribution in [2.75, 3.05) is 19.8 Å². The van der Waals surface area contributed by atoms with Gasteiger partial charge in [0.2, 0.25) is 0 Å². The number of morpholine rings is 1. The standard InChI is InChI=1S/C26H28F3NO4/c27-26(28,29)11-5-10-25(32)12-17-14-33-15-18(13-25)30(17)24(31)34-16-23-21-8-3-1-6-19(21)20-7-2-4-9-22(20)23/h1-4,6-9,17-18,23,32H,5,10-16H2. The van der Waals surface area contributed by atoms with Crippen LogP contribution in [0.25, 0.3) is 11.1 Å². The molecule has 182 valence electrons. The Morgan fingerprint density at radius 1 is 1.03 bits per heavy atom. The summed E-state index contributed by atoms with van der Waals surface area (Å²) in [7, 11) is 0. The molecule has 0 aromatic heterocycles. The first-order chi connectivity index (χ1) is 16.2. The van der Waals surface area contributed by atoms with Crippen LogP contribution in [0.15, 0.2) is 48.5 Å². The highest BCUT2D eigenvalue weighted by atomic mass is 19.4. The Morgan fingerprint density at radius 3 is 2.15 bits per heavy atom. The van der Waals surface area contributed by atoms with Gasteiger partial charge in [-0.05, 0) is 47.9 Å². The summed E-state index contributed by atoms with van der Waals surface area (Å²) in [5.74, 6) is -0.0588. The van der Waals surface area contributed by atoms with Crippen molar-refractivity contribution in [2.24, 2.45) is 0 Å². The van der Waals surface area contributed by atoms with Crippen molar-refractivity contribution in [3.05, 3.63) is 59.7 Å². The normalized spacial score (nSPS) is 26.2. The van der Waals surface area contributed by atoms with Gasteiger partial charge in [-0.15, -0.1) is 0 Å². The van der Waals surface area contributed by atoms with Gasteiger partial charge in [-0.25, -0.2) is 4.79 Å². The summed E-state index contributed by atoms with van der Waals surface area (Å²) in [6.45, 7) is 0.671. The molecule has 5 nitrogen and oxygen atoms in total. The smallest absolute Gasteiger partial charge is 0.410 e. The summed E-state index contributed by atoms with van der Waals surface area (Å²) in [5, 5.41) is 11.0. The van der Waals surface area contributed by atoms with E-state index in [1.54, 1.807) is 4.90 Å². The van der Waals surface area contributed by atoms with E-state index in [-0.39, 0.29) is 51.4 Å². The van der Waals surface area contributed by atoms with Crippen LogP contribution in [-0.4, -0.2) is 59.8 Å². The number of carbonyl (C=O) groups is 1. The minimum atomic E-state index is -4.24. The third-order valence-corrected chi connectivity index (χ3v) is 7.29. The molecule has 1 aliphatic carbocycles. The van der Waals surface area contributed by atoms with Crippen molar-refractivity contribution >= 4 is 6.09 Å². The predicted molar refractivity (Wildman–Crippen MR) is 119 cm³/mol. The van der Waals surface area contributed by atoms with Crippen LogP contribution in [-0.2, 0) is 9.47 Å². The van der Waals surface area contributed by atoms with E-state index < -0.39 is 36.4 Å². The number of hydrogen-bond donors (Lipinski definition) is 1. The number of piperidine rings is 1. The van der Waals surface area contributed by atoms with Gasteiger partial charge in [0.1, 0.15) is 6.61 Å². The monoisotopic (exact) mass is 475 g/mol. The quantitative estimate of drug-likeness (QED) is 0.641. The number of rotatable bonds is 5. The van der Waals surface area contributed by atoms with Crippen molar-refractivity contribution in [1.82, 2.24) is 4.90 Å². The van der Waals surface area contributed by atoms with Crippen LogP contribution in [0.3, 0.4) is 0 Å². The average molecular weight is 476 g/mol. The summed E-state index contributed by atoms with van der Waals surface area (Å²) in [4.78, 5) is 14.8. The Kier molecular flexibility index (Phi) is 6.06. The van der Waals surface area contributed by atoms with Crippen molar-refractivity contribution in [3.8, 4) is 11.1 Å². The van der Waals surface area contributed by atoms with Crippen molar-refractivity contribution in [1.29, 1.82) is 0 Å². The maximum absolute atomic E-state index is 13.2. The summed E-state index contributed by atoms with van der Waals surface area (Å²) in [6.07, 6.45) is -5.33. The summed E-state index contributed by atoms with van der Waals surface area (Å²) in [6, 6.07) is 15.4. The van der Waals surface area contributed by atoms with Gasteiger partial charge in [0.05, 0.1) is 30.9 Å². The minimum Gasteiger partial charge on any atom is -0.448 e.